The summed E-state index contributed by atoms with van der Waals surface area (Å²) in [5.74, 6) is -0.422. The molecule has 5 nitrogen and oxygen atoms in total. The number of nitrogen functional groups attached to an aromatic ring is 1. The molecule has 0 aliphatic heterocycles. The lowest BCUT2D eigenvalue weighted by atomic mass is 10.1. The molecule has 1 aromatic carbocycles. The first kappa shape index (κ1) is 17.1. The van der Waals surface area contributed by atoms with E-state index in [0.29, 0.717) is 0 Å². The van der Waals surface area contributed by atoms with Crippen molar-refractivity contribution in [2.24, 2.45) is 0 Å². The number of esters is 1. The molecule has 0 saturated heterocycles. The van der Waals surface area contributed by atoms with Gasteiger partial charge in [-0.3, -0.25) is 0 Å². The van der Waals surface area contributed by atoms with Crippen LogP contribution < -0.4 is 10.5 Å². The van der Waals surface area contributed by atoms with Gasteiger partial charge in [-0.2, -0.15) is 13.2 Å². The van der Waals surface area contributed by atoms with E-state index in [1.54, 1.807) is 12.1 Å². The first-order chi connectivity index (χ1) is 9.85. The number of alkyl halides is 3. The molecule has 0 aliphatic rings. The zero-order valence-corrected chi connectivity index (χ0v) is 11.4. The van der Waals surface area contributed by atoms with Crippen LogP contribution in [0.3, 0.4) is 0 Å². The lowest BCUT2D eigenvalue weighted by molar-refractivity contribution is -0.174. The van der Waals surface area contributed by atoms with Crippen LogP contribution in [-0.2, 0) is 9.47 Å². The Bertz CT molecular complexity index is 477. The Morgan fingerprint density at radius 3 is 2.62 bits per heavy atom. The van der Waals surface area contributed by atoms with Crippen molar-refractivity contribution in [2.75, 3.05) is 32.7 Å². The molecule has 0 aliphatic carbocycles. The second-order valence-corrected chi connectivity index (χ2v) is 4.08. The Morgan fingerprint density at radius 2 is 2.00 bits per heavy atom. The van der Waals surface area contributed by atoms with Crippen LogP contribution in [0, 0.1) is 0 Å². The van der Waals surface area contributed by atoms with Gasteiger partial charge >= 0.3 is 12.1 Å². The average Bonchev–Trinajstić information content (AvgIpc) is 2.40. The summed E-state index contributed by atoms with van der Waals surface area (Å²) in [6, 6.07) is 4.70. The Balaban J connectivity index is 2.38. The Hall–Kier alpha value is -1.96. The highest BCUT2D eigenvalue weighted by atomic mass is 19.4. The quantitative estimate of drug-likeness (QED) is 0.476. The summed E-state index contributed by atoms with van der Waals surface area (Å²) in [6.45, 7) is -1.55. The minimum absolute atomic E-state index is 0.0752. The van der Waals surface area contributed by atoms with Crippen LogP contribution in [0.25, 0.3) is 0 Å². The molecule has 0 unspecified atom stereocenters. The van der Waals surface area contributed by atoms with Crippen LogP contribution in [0.2, 0.25) is 0 Å². The number of carbonyl (C=O) groups is 1. The van der Waals surface area contributed by atoms with Gasteiger partial charge in [0.15, 0.2) is 0 Å². The molecule has 0 radical (unpaired) electrons. The van der Waals surface area contributed by atoms with Crippen molar-refractivity contribution in [1.29, 1.82) is 0 Å². The molecule has 0 spiro atoms. The summed E-state index contributed by atoms with van der Waals surface area (Å²) in [5, 5.41) is 0. The van der Waals surface area contributed by atoms with E-state index in [9.17, 15) is 18.0 Å². The number of nitrogens with two attached hydrogens (primary N) is 1. The average molecular weight is 307 g/mol. The Labute approximate surface area is 119 Å². The fourth-order valence-electron chi connectivity index (χ4n) is 1.52. The number of halogens is 3. The summed E-state index contributed by atoms with van der Waals surface area (Å²) in [4.78, 5) is 11.8. The summed E-state index contributed by atoms with van der Waals surface area (Å²) in [7, 11) is 1.39. The molecular weight excluding hydrogens is 291 g/mol. The summed E-state index contributed by atoms with van der Waals surface area (Å²) in [5.41, 5.74) is 5.96. The smallest absolute Gasteiger partial charge is 0.411 e. The summed E-state index contributed by atoms with van der Waals surface area (Å²) < 4.78 is 49.7. The first-order valence-corrected chi connectivity index (χ1v) is 6.09. The lowest BCUT2D eigenvalue weighted by Gasteiger charge is -2.11. The van der Waals surface area contributed by atoms with Crippen LogP contribution in [0.5, 0.6) is 5.75 Å². The van der Waals surface area contributed by atoms with E-state index in [1.165, 1.54) is 13.2 Å². The molecule has 1 rings (SSSR count). The minimum atomic E-state index is -4.36. The van der Waals surface area contributed by atoms with Gasteiger partial charge in [0.25, 0.3) is 0 Å². The molecule has 2 N–H and O–H groups in total. The third-order valence-corrected chi connectivity index (χ3v) is 2.41. The third-order valence-electron chi connectivity index (χ3n) is 2.41. The predicted molar refractivity (Wildman–Crippen MR) is 69.2 cm³/mol. The van der Waals surface area contributed by atoms with Crippen molar-refractivity contribution in [3.8, 4) is 5.75 Å². The SMILES string of the molecule is COc1cccc(N)c1C(=O)OCCCOCC(F)(F)F. The van der Waals surface area contributed by atoms with Gasteiger partial charge in [-0.05, 0) is 12.1 Å². The maximum atomic E-state index is 11.8. The highest BCUT2D eigenvalue weighted by molar-refractivity contribution is 5.98. The van der Waals surface area contributed by atoms with E-state index in [2.05, 4.69) is 4.74 Å². The third kappa shape index (κ3) is 5.90. The molecule has 0 atom stereocenters. The number of benzene rings is 1. The fraction of sp³-hybridized carbons (Fsp3) is 0.462. The summed E-state index contributed by atoms with van der Waals surface area (Å²) >= 11 is 0. The molecule has 0 aromatic heterocycles. The number of anilines is 1. The molecule has 0 fully saturated rings. The number of ether oxygens (including phenoxy) is 3. The molecule has 0 saturated carbocycles. The van der Waals surface area contributed by atoms with Gasteiger partial charge in [-0.15, -0.1) is 0 Å². The van der Waals surface area contributed by atoms with Crippen molar-refractivity contribution in [3.63, 3.8) is 0 Å². The van der Waals surface area contributed by atoms with Crippen LogP contribution in [0.15, 0.2) is 18.2 Å². The number of methoxy groups -OCH3 is 1. The van der Waals surface area contributed by atoms with Crippen molar-refractivity contribution in [3.05, 3.63) is 23.8 Å². The zero-order valence-electron chi connectivity index (χ0n) is 11.4. The second-order valence-electron chi connectivity index (χ2n) is 4.08. The molecule has 118 valence electrons. The highest BCUT2D eigenvalue weighted by Crippen LogP contribution is 2.24. The Morgan fingerprint density at radius 1 is 1.29 bits per heavy atom. The number of hydrogen-bond acceptors (Lipinski definition) is 5. The van der Waals surface area contributed by atoms with Crippen molar-refractivity contribution < 1.29 is 32.2 Å². The summed E-state index contributed by atoms with van der Waals surface area (Å²) in [6.07, 6.45) is -4.21. The molecular formula is C13H16F3NO4. The lowest BCUT2D eigenvalue weighted by Crippen LogP contribution is -2.18. The van der Waals surface area contributed by atoms with Crippen LogP contribution in [0.1, 0.15) is 16.8 Å². The van der Waals surface area contributed by atoms with Crippen LogP contribution in [0.4, 0.5) is 18.9 Å². The second kappa shape index (κ2) is 7.72. The van der Waals surface area contributed by atoms with E-state index in [4.69, 9.17) is 15.2 Å². The van der Waals surface area contributed by atoms with Gasteiger partial charge in [0, 0.05) is 12.1 Å². The van der Waals surface area contributed by atoms with Gasteiger partial charge < -0.3 is 19.9 Å². The van der Waals surface area contributed by atoms with Gasteiger partial charge in [0.1, 0.15) is 17.9 Å². The van der Waals surface area contributed by atoms with Gasteiger partial charge in [-0.1, -0.05) is 6.07 Å². The minimum Gasteiger partial charge on any atom is -0.496 e. The Kier molecular flexibility index (Phi) is 6.29. The highest BCUT2D eigenvalue weighted by Gasteiger charge is 2.27. The van der Waals surface area contributed by atoms with E-state index in [-0.39, 0.29) is 36.6 Å². The van der Waals surface area contributed by atoms with E-state index in [0.717, 1.165) is 0 Å². The van der Waals surface area contributed by atoms with Crippen molar-refractivity contribution in [2.45, 2.75) is 12.6 Å². The van der Waals surface area contributed by atoms with Crippen molar-refractivity contribution >= 4 is 11.7 Å². The van der Waals surface area contributed by atoms with E-state index in [1.807, 2.05) is 0 Å². The molecule has 0 heterocycles. The zero-order chi connectivity index (χ0) is 15.9. The van der Waals surface area contributed by atoms with Crippen LogP contribution >= 0.6 is 0 Å². The predicted octanol–water partition coefficient (Wildman–Crippen LogP) is 2.40. The molecule has 1 aromatic rings. The first-order valence-electron chi connectivity index (χ1n) is 6.09. The van der Waals surface area contributed by atoms with Crippen LogP contribution in [-0.4, -0.2) is 39.1 Å². The van der Waals surface area contributed by atoms with Gasteiger partial charge in [-0.25, -0.2) is 4.79 Å². The maximum absolute atomic E-state index is 11.8. The normalized spacial score (nSPS) is 11.2. The molecule has 8 heteroatoms. The molecule has 0 amide bonds. The number of carbonyl (C=O) groups excluding carboxylic acids is 1. The monoisotopic (exact) mass is 307 g/mol. The molecule has 0 bridgehead atoms. The largest absolute Gasteiger partial charge is 0.496 e. The standard InChI is InChI=1S/C13H16F3NO4/c1-19-10-5-2-4-9(17)11(10)12(18)21-7-3-6-20-8-13(14,15)16/h2,4-5H,3,6-8,17H2,1H3. The fourth-order valence-corrected chi connectivity index (χ4v) is 1.52. The number of hydrogen-bond donors (Lipinski definition) is 1. The van der Waals surface area contributed by atoms with E-state index < -0.39 is 18.8 Å². The maximum Gasteiger partial charge on any atom is 0.411 e. The van der Waals surface area contributed by atoms with Gasteiger partial charge in [0.05, 0.1) is 20.3 Å². The number of rotatable bonds is 7. The van der Waals surface area contributed by atoms with Gasteiger partial charge in [0.2, 0.25) is 0 Å². The van der Waals surface area contributed by atoms with Crippen molar-refractivity contribution in [1.82, 2.24) is 0 Å². The topological polar surface area (TPSA) is 70.8 Å². The molecule has 21 heavy (non-hydrogen) atoms. The van der Waals surface area contributed by atoms with E-state index >= 15 is 0 Å².